The van der Waals surface area contributed by atoms with Gasteiger partial charge in [0.25, 0.3) is 0 Å². The molecule has 120 valence electrons. The van der Waals surface area contributed by atoms with Crippen molar-refractivity contribution in [2.45, 2.75) is 26.3 Å². The molecule has 3 N–H and O–H groups in total. The summed E-state index contributed by atoms with van der Waals surface area (Å²) in [6.07, 6.45) is 4.34. The van der Waals surface area contributed by atoms with Crippen LogP contribution in [0.3, 0.4) is 0 Å². The number of pyridine rings is 1. The Morgan fingerprint density at radius 1 is 1.26 bits per heavy atom. The standard InChI is InChI=1S/C18H23N5/c1-14-5-4-6-16(11-14)22-18(19)21-13-15-7-8-20-17(12-15)23-9-2-3-10-23/h4-8,11-12H,2-3,9-10,13H2,1H3,(H3,19,21,22). The number of nitrogens with two attached hydrogens (primary N) is 1. The lowest BCUT2D eigenvalue weighted by Crippen LogP contribution is -2.22. The van der Waals surface area contributed by atoms with Crippen molar-refractivity contribution in [3.63, 3.8) is 0 Å². The summed E-state index contributed by atoms with van der Waals surface area (Å²) in [5.74, 6) is 1.47. The van der Waals surface area contributed by atoms with Gasteiger partial charge in [0.05, 0.1) is 6.54 Å². The van der Waals surface area contributed by atoms with Crippen molar-refractivity contribution in [3.05, 3.63) is 53.7 Å². The average molecular weight is 309 g/mol. The third kappa shape index (κ3) is 4.22. The Morgan fingerprint density at radius 2 is 2.09 bits per heavy atom. The molecular formula is C18H23N5. The molecule has 2 aromatic rings. The van der Waals surface area contributed by atoms with E-state index in [0.29, 0.717) is 12.5 Å². The molecule has 23 heavy (non-hydrogen) atoms. The maximum Gasteiger partial charge on any atom is 0.193 e. The minimum atomic E-state index is 0.426. The molecule has 5 nitrogen and oxygen atoms in total. The van der Waals surface area contributed by atoms with Crippen LogP contribution in [-0.2, 0) is 6.54 Å². The van der Waals surface area contributed by atoms with Crippen LogP contribution in [0.25, 0.3) is 0 Å². The van der Waals surface area contributed by atoms with E-state index in [2.05, 4.69) is 39.2 Å². The second-order valence-corrected chi connectivity index (χ2v) is 5.91. The van der Waals surface area contributed by atoms with Gasteiger partial charge in [-0.25, -0.2) is 9.98 Å². The second kappa shape index (κ2) is 7.13. The molecule has 0 radical (unpaired) electrons. The fourth-order valence-electron chi connectivity index (χ4n) is 2.76. The number of hydrogen-bond donors (Lipinski definition) is 2. The van der Waals surface area contributed by atoms with Crippen LogP contribution >= 0.6 is 0 Å². The first kappa shape index (κ1) is 15.3. The highest BCUT2D eigenvalue weighted by molar-refractivity contribution is 5.92. The summed E-state index contributed by atoms with van der Waals surface area (Å²) in [7, 11) is 0. The number of benzene rings is 1. The number of hydrogen-bond acceptors (Lipinski definition) is 3. The Morgan fingerprint density at radius 3 is 2.87 bits per heavy atom. The minimum absolute atomic E-state index is 0.426. The van der Waals surface area contributed by atoms with Crippen LogP contribution in [0.4, 0.5) is 11.5 Å². The van der Waals surface area contributed by atoms with E-state index in [0.717, 1.165) is 30.2 Å². The van der Waals surface area contributed by atoms with Gasteiger partial charge in [0.1, 0.15) is 5.82 Å². The van der Waals surface area contributed by atoms with Crippen LogP contribution in [0, 0.1) is 6.92 Å². The Kier molecular flexibility index (Phi) is 4.76. The van der Waals surface area contributed by atoms with Crippen molar-refractivity contribution in [3.8, 4) is 0 Å². The van der Waals surface area contributed by atoms with Crippen LogP contribution in [-0.4, -0.2) is 24.0 Å². The zero-order valence-electron chi connectivity index (χ0n) is 13.5. The summed E-state index contributed by atoms with van der Waals surface area (Å²) in [6, 6.07) is 12.2. The predicted molar refractivity (Wildman–Crippen MR) is 95.8 cm³/mol. The van der Waals surface area contributed by atoms with Crippen LogP contribution < -0.4 is 16.0 Å². The molecule has 1 aliphatic heterocycles. The van der Waals surface area contributed by atoms with Crippen molar-refractivity contribution >= 4 is 17.5 Å². The maximum atomic E-state index is 5.98. The molecule has 0 spiro atoms. The molecule has 1 aliphatic rings. The molecule has 3 rings (SSSR count). The molecule has 1 aromatic carbocycles. The van der Waals surface area contributed by atoms with Gasteiger partial charge in [-0.05, 0) is 55.2 Å². The van der Waals surface area contributed by atoms with E-state index in [1.54, 1.807) is 0 Å². The van der Waals surface area contributed by atoms with Crippen molar-refractivity contribution in [1.29, 1.82) is 0 Å². The highest BCUT2D eigenvalue weighted by Crippen LogP contribution is 2.18. The number of aromatic nitrogens is 1. The predicted octanol–water partition coefficient (Wildman–Crippen LogP) is 2.92. The topological polar surface area (TPSA) is 66.5 Å². The van der Waals surface area contributed by atoms with Gasteiger partial charge < -0.3 is 16.0 Å². The lowest BCUT2D eigenvalue weighted by Gasteiger charge is -2.16. The van der Waals surface area contributed by atoms with Gasteiger partial charge in [-0.15, -0.1) is 0 Å². The lowest BCUT2D eigenvalue weighted by molar-refractivity contribution is 0.928. The van der Waals surface area contributed by atoms with E-state index in [1.807, 2.05) is 30.5 Å². The fraction of sp³-hybridized carbons (Fsp3) is 0.333. The summed E-state index contributed by atoms with van der Waals surface area (Å²) < 4.78 is 0. The molecule has 0 bridgehead atoms. The number of anilines is 2. The third-order valence-electron chi connectivity index (χ3n) is 3.96. The van der Waals surface area contributed by atoms with E-state index in [-0.39, 0.29) is 0 Å². The Hall–Kier alpha value is -2.56. The fourth-order valence-corrected chi connectivity index (χ4v) is 2.76. The molecule has 0 atom stereocenters. The van der Waals surface area contributed by atoms with Crippen LogP contribution in [0.15, 0.2) is 47.6 Å². The molecular weight excluding hydrogens is 286 g/mol. The summed E-state index contributed by atoms with van der Waals surface area (Å²) in [5, 5.41) is 3.12. The van der Waals surface area contributed by atoms with Crippen LogP contribution in [0.5, 0.6) is 0 Å². The highest BCUT2D eigenvalue weighted by Gasteiger charge is 2.13. The number of guanidine groups is 1. The van der Waals surface area contributed by atoms with Gasteiger partial charge in [-0.2, -0.15) is 0 Å². The van der Waals surface area contributed by atoms with Crippen LogP contribution in [0.1, 0.15) is 24.0 Å². The molecule has 1 fully saturated rings. The number of nitrogens with zero attached hydrogens (tertiary/aromatic N) is 3. The number of nitrogens with one attached hydrogen (secondary N) is 1. The van der Waals surface area contributed by atoms with E-state index in [1.165, 1.54) is 18.4 Å². The number of rotatable bonds is 4. The second-order valence-electron chi connectivity index (χ2n) is 5.91. The zero-order valence-corrected chi connectivity index (χ0v) is 13.5. The normalized spacial score (nSPS) is 15.0. The highest BCUT2D eigenvalue weighted by atomic mass is 15.2. The van der Waals surface area contributed by atoms with Crippen molar-refractivity contribution in [2.24, 2.45) is 10.7 Å². The van der Waals surface area contributed by atoms with Gasteiger partial charge >= 0.3 is 0 Å². The Bertz CT molecular complexity index is 689. The first-order chi connectivity index (χ1) is 11.2. The van der Waals surface area contributed by atoms with E-state index in [9.17, 15) is 0 Å². The van der Waals surface area contributed by atoms with Gasteiger partial charge in [0.15, 0.2) is 5.96 Å². The van der Waals surface area contributed by atoms with Gasteiger partial charge in [-0.3, -0.25) is 0 Å². The number of aliphatic imine (C=N–C) groups is 1. The molecule has 0 saturated carbocycles. The quantitative estimate of drug-likeness (QED) is 0.673. The third-order valence-corrected chi connectivity index (χ3v) is 3.96. The Labute approximate surface area is 137 Å². The van der Waals surface area contributed by atoms with E-state index < -0.39 is 0 Å². The van der Waals surface area contributed by atoms with Crippen molar-refractivity contribution < 1.29 is 0 Å². The first-order valence-electron chi connectivity index (χ1n) is 8.04. The SMILES string of the molecule is Cc1cccc(NC(N)=NCc2ccnc(N3CCCC3)c2)c1. The summed E-state index contributed by atoms with van der Waals surface area (Å²) in [5.41, 5.74) is 9.24. The zero-order chi connectivity index (χ0) is 16.1. The van der Waals surface area contributed by atoms with Gasteiger partial charge in [0.2, 0.25) is 0 Å². The first-order valence-corrected chi connectivity index (χ1v) is 8.04. The number of aryl methyl sites for hydroxylation is 1. The van der Waals surface area contributed by atoms with Crippen molar-refractivity contribution in [1.82, 2.24) is 4.98 Å². The van der Waals surface area contributed by atoms with E-state index in [4.69, 9.17) is 5.73 Å². The maximum absolute atomic E-state index is 5.98. The molecule has 0 amide bonds. The van der Waals surface area contributed by atoms with E-state index >= 15 is 0 Å². The molecule has 0 unspecified atom stereocenters. The lowest BCUT2D eigenvalue weighted by atomic mass is 10.2. The van der Waals surface area contributed by atoms with Gasteiger partial charge in [0, 0.05) is 25.0 Å². The van der Waals surface area contributed by atoms with Gasteiger partial charge in [-0.1, -0.05) is 12.1 Å². The largest absolute Gasteiger partial charge is 0.370 e. The summed E-state index contributed by atoms with van der Waals surface area (Å²) >= 11 is 0. The summed E-state index contributed by atoms with van der Waals surface area (Å²) in [4.78, 5) is 11.2. The average Bonchev–Trinajstić information content (AvgIpc) is 3.08. The monoisotopic (exact) mass is 309 g/mol. The molecule has 5 heteroatoms. The minimum Gasteiger partial charge on any atom is -0.370 e. The molecule has 2 heterocycles. The molecule has 1 saturated heterocycles. The molecule has 0 aliphatic carbocycles. The van der Waals surface area contributed by atoms with Crippen LogP contribution in [0.2, 0.25) is 0 Å². The Balaban J connectivity index is 1.63. The molecule has 1 aromatic heterocycles. The van der Waals surface area contributed by atoms with Crippen molar-refractivity contribution in [2.75, 3.05) is 23.3 Å². The smallest absolute Gasteiger partial charge is 0.193 e. The summed E-state index contributed by atoms with van der Waals surface area (Å²) in [6.45, 7) is 4.79.